The van der Waals surface area contributed by atoms with E-state index in [-0.39, 0.29) is 0 Å². The zero-order chi connectivity index (χ0) is 18.0. The molecule has 1 aromatic heterocycles. The van der Waals surface area contributed by atoms with Crippen LogP contribution in [0.25, 0.3) is 22.4 Å². The lowest BCUT2D eigenvalue weighted by Crippen LogP contribution is -2.05. The minimum Gasteiger partial charge on any atom is -0.497 e. The van der Waals surface area contributed by atoms with E-state index in [0.717, 1.165) is 42.6 Å². The van der Waals surface area contributed by atoms with Crippen molar-refractivity contribution in [1.29, 1.82) is 0 Å². The van der Waals surface area contributed by atoms with Crippen LogP contribution in [0.4, 0.5) is 13.2 Å². The van der Waals surface area contributed by atoms with Crippen LogP contribution in [0.1, 0.15) is 25.3 Å². The molecule has 0 fully saturated rings. The van der Waals surface area contributed by atoms with Crippen molar-refractivity contribution >= 4 is 11.0 Å². The van der Waals surface area contributed by atoms with Gasteiger partial charge in [-0.15, -0.1) is 0 Å². The van der Waals surface area contributed by atoms with Crippen molar-refractivity contribution in [2.24, 2.45) is 0 Å². The second kappa shape index (κ2) is 6.78. The van der Waals surface area contributed by atoms with Gasteiger partial charge in [-0.05, 0) is 30.7 Å². The fourth-order valence-corrected chi connectivity index (χ4v) is 2.81. The maximum Gasteiger partial charge on any atom is 0.416 e. The molecule has 3 nitrogen and oxygen atoms in total. The number of fused-ring (bicyclic) bond motifs is 1. The third kappa shape index (κ3) is 3.48. The van der Waals surface area contributed by atoms with Crippen molar-refractivity contribution in [3.8, 4) is 17.1 Å². The standard InChI is InChI=1S/C19H19F3N2O/c1-3-4-11-24-17-10-9-15(25-2)12-16(17)23-18(24)13-5-7-14(8-6-13)19(20,21)22/h5-10,12H,3-4,11H2,1-2H3. The minimum absolute atomic E-state index is 0.658. The number of rotatable bonds is 5. The Hall–Kier alpha value is -2.50. The number of ether oxygens (including phenoxy) is 1. The first-order chi connectivity index (χ1) is 11.9. The minimum atomic E-state index is -4.34. The summed E-state index contributed by atoms with van der Waals surface area (Å²) < 4.78 is 45.6. The van der Waals surface area contributed by atoms with E-state index in [9.17, 15) is 13.2 Å². The summed E-state index contributed by atoms with van der Waals surface area (Å²) in [5.41, 5.74) is 1.72. The van der Waals surface area contributed by atoms with Gasteiger partial charge in [-0.3, -0.25) is 0 Å². The molecule has 0 aliphatic heterocycles. The summed E-state index contributed by atoms with van der Waals surface area (Å²) in [6, 6.07) is 10.8. The predicted octanol–water partition coefficient (Wildman–Crippen LogP) is 5.53. The molecule has 0 spiro atoms. The molecule has 3 rings (SSSR count). The first-order valence-corrected chi connectivity index (χ1v) is 8.16. The van der Waals surface area contributed by atoms with E-state index in [1.807, 2.05) is 18.2 Å². The highest BCUT2D eigenvalue weighted by molar-refractivity contribution is 5.82. The molecule has 0 atom stereocenters. The van der Waals surface area contributed by atoms with Gasteiger partial charge < -0.3 is 9.30 Å². The Morgan fingerprint density at radius 3 is 2.40 bits per heavy atom. The smallest absolute Gasteiger partial charge is 0.416 e. The number of methoxy groups -OCH3 is 1. The van der Waals surface area contributed by atoms with Crippen LogP contribution in [0.3, 0.4) is 0 Å². The van der Waals surface area contributed by atoms with Gasteiger partial charge in [0.1, 0.15) is 11.6 Å². The fraction of sp³-hybridized carbons (Fsp3) is 0.316. The lowest BCUT2D eigenvalue weighted by atomic mass is 10.1. The number of aryl methyl sites for hydroxylation is 1. The molecule has 0 N–H and O–H groups in total. The van der Waals surface area contributed by atoms with Gasteiger partial charge in [-0.2, -0.15) is 13.2 Å². The monoisotopic (exact) mass is 348 g/mol. The van der Waals surface area contributed by atoms with Gasteiger partial charge in [-0.1, -0.05) is 25.5 Å². The lowest BCUT2D eigenvalue weighted by Gasteiger charge is -2.10. The number of halogens is 3. The van der Waals surface area contributed by atoms with E-state index in [1.165, 1.54) is 12.1 Å². The number of benzene rings is 2. The average Bonchev–Trinajstić information content (AvgIpc) is 2.96. The Labute approximate surface area is 144 Å². The summed E-state index contributed by atoms with van der Waals surface area (Å²) in [4.78, 5) is 4.64. The van der Waals surface area contributed by atoms with Crippen molar-refractivity contribution in [2.75, 3.05) is 7.11 Å². The molecule has 0 unspecified atom stereocenters. The maximum absolute atomic E-state index is 12.8. The number of alkyl halides is 3. The maximum atomic E-state index is 12.8. The summed E-state index contributed by atoms with van der Waals surface area (Å²) in [7, 11) is 1.59. The SMILES string of the molecule is CCCCn1c(-c2ccc(C(F)(F)F)cc2)nc2cc(OC)ccc21. The molecule has 1 heterocycles. The van der Waals surface area contributed by atoms with E-state index >= 15 is 0 Å². The van der Waals surface area contributed by atoms with Crippen molar-refractivity contribution < 1.29 is 17.9 Å². The molecule has 0 radical (unpaired) electrons. The van der Waals surface area contributed by atoms with E-state index < -0.39 is 11.7 Å². The quantitative estimate of drug-likeness (QED) is 0.606. The van der Waals surface area contributed by atoms with Crippen LogP contribution in [0.2, 0.25) is 0 Å². The molecule has 0 saturated carbocycles. The first kappa shape index (κ1) is 17.3. The van der Waals surface area contributed by atoms with Crippen molar-refractivity contribution in [2.45, 2.75) is 32.5 Å². The molecule has 132 valence electrons. The highest BCUT2D eigenvalue weighted by Gasteiger charge is 2.30. The van der Waals surface area contributed by atoms with Crippen LogP contribution < -0.4 is 4.74 Å². The largest absolute Gasteiger partial charge is 0.497 e. The summed E-state index contributed by atoms with van der Waals surface area (Å²) in [6.45, 7) is 2.86. The molecule has 0 amide bonds. The molecule has 0 saturated heterocycles. The Morgan fingerprint density at radius 2 is 1.80 bits per heavy atom. The van der Waals surface area contributed by atoms with Crippen LogP contribution in [-0.4, -0.2) is 16.7 Å². The van der Waals surface area contributed by atoms with Crippen LogP contribution >= 0.6 is 0 Å². The van der Waals surface area contributed by atoms with Gasteiger partial charge in [0.2, 0.25) is 0 Å². The van der Waals surface area contributed by atoms with Crippen LogP contribution in [0, 0.1) is 0 Å². The zero-order valence-corrected chi connectivity index (χ0v) is 14.1. The van der Waals surface area contributed by atoms with Crippen LogP contribution in [0.5, 0.6) is 5.75 Å². The summed E-state index contributed by atoms with van der Waals surface area (Å²) in [5, 5.41) is 0. The van der Waals surface area contributed by atoms with Crippen LogP contribution in [0.15, 0.2) is 42.5 Å². The first-order valence-electron chi connectivity index (χ1n) is 8.16. The summed E-state index contributed by atoms with van der Waals surface area (Å²) >= 11 is 0. The second-order valence-electron chi connectivity index (χ2n) is 5.87. The number of imidazole rings is 1. The normalized spacial score (nSPS) is 11.9. The van der Waals surface area contributed by atoms with E-state index in [0.29, 0.717) is 17.1 Å². The lowest BCUT2D eigenvalue weighted by molar-refractivity contribution is -0.137. The van der Waals surface area contributed by atoms with E-state index in [2.05, 4.69) is 16.5 Å². The van der Waals surface area contributed by atoms with E-state index in [1.54, 1.807) is 7.11 Å². The van der Waals surface area contributed by atoms with Gasteiger partial charge in [-0.25, -0.2) is 4.98 Å². The summed E-state index contributed by atoms with van der Waals surface area (Å²) in [6.07, 6.45) is -2.36. The second-order valence-corrected chi connectivity index (χ2v) is 5.87. The Kier molecular flexibility index (Phi) is 4.70. The predicted molar refractivity (Wildman–Crippen MR) is 91.6 cm³/mol. The molecule has 0 aliphatic rings. The Balaban J connectivity index is 2.10. The topological polar surface area (TPSA) is 27.1 Å². The van der Waals surface area contributed by atoms with Gasteiger partial charge in [0.25, 0.3) is 0 Å². The molecule has 25 heavy (non-hydrogen) atoms. The number of hydrogen-bond acceptors (Lipinski definition) is 2. The number of aromatic nitrogens is 2. The third-order valence-electron chi connectivity index (χ3n) is 4.16. The van der Waals surface area contributed by atoms with Crippen molar-refractivity contribution in [3.05, 3.63) is 48.0 Å². The highest BCUT2D eigenvalue weighted by Crippen LogP contribution is 2.32. The number of nitrogens with zero attached hydrogens (tertiary/aromatic N) is 2. The zero-order valence-electron chi connectivity index (χ0n) is 14.1. The number of hydrogen-bond donors (Lipinski definition) is 0. The number of unbranched alkanes of at least 4 members (excludes halogenated alkanes) is 1. The van der Waals surface area contributed by atoms with Crippen molar-refractivity contribution in [3.63, 3.8) is 0 Å². The molecule has 2 aromatic carbocycles. The van der Waals surface area contributed by atoms with Gasteiger partial charge in [0.15, 0.2) is 0 Å². The van der Waals surface area contributed by atoms with Gasteiger partial charge >= 0.3 is 6.18 Å². The van der Waals surface area contributed by atoms with E-state index in [4.69, 9.17) is 4.74 Å². The van der Waals surface area contributed by atoms with Gasteiger partial charge in [0.05, 0.1) is 23.7 Å². The fourth-order valence-electron chi connectivity index (χ4n) is 2.81. The highest BCUT2D eigenvalue weighted by atomic mass is 19.4. The third-order valence-corrected chi connectivity index (χ3v) is 4.16. The summed E-state index contributed by atoms with van der Waals surface area (Å²) in [5.74, 6) is 1.37. The molecule has 0 bridgehead atoms. The molecule has 0 aliphatic carbocycles. The molecular formula is C19H19F3N2O. The van der Waals surface area contributed by atoms with Crippen molar-refractivity contribution in [1.82, 2.24) is 9.55 Å². The molecular weight excluding hydrogens is 329 g/mol. The average molecular weight is 348 g/mol. The van der Waals surface area contributed by atoms with Crippen LogP contribution in [-0.2, 0) is 12.7 Å². The Bertz CT molecular complexity index is 867. The molecule has 3 aromatic rings. The van der Waals surface area contributed by atoms with Gasteiger partial charge in [0, 0.05) is 18.2 Å². The Morgan fingerprint density at radius 1 is 1.08 bits per heavy atom. The molecule has 6 heteroatoms.